The van der Waals surface area contributed by atoms with E-state index in [9.17, 15) is 29.1 Å². The van der Waals surface area contributed by atoms with Gasteiger partial charge in [0.2, 0.25) is 17.7 Å². The second-order valence-electron chi connectivity index (χ2n) is 10.2. The predicted molar refractivity (Wildman–Crippen MR) is 155 cm³/mol. The van der Waals surface area contributed by atoms with Crippen molar-refractivity contribution in [2.45, 2.75) is 69.1 Å². The zero-order chi connectivity index (χ0) is 31.4. The number of carbonyl (C=O) groups is 5. The normalized spacial score (nSPS) is 13.9. The fourth-order valence-corrected chi connectivity index (χ4v) is 4.54. The second kappa shape index (κ2) is 16.0. The highest BCUT2D eigenvalue weighted by molar-refractivity contribution is 5.95. The Labute approximate surface area is 247 Å². The number of carboxylic acids is 2. The van der Waals surface area contributed by atoms with Crippen molar-refractivity contribution in [3.05, 3.63) is 54.2 Å². The number of hydrogen-bond acceptors (Lipinski definition) is 8. The quantitative estimate of drug-likeness (QED) is 0.0851. The Morgan fingerprint density at radius 1 is 0.860 bits per heavy atom. The van der Waals surface area contributed by atoms with Gasteiger partial charge >= 0.3 is 11.9 Å². The van der Waals surface area contributed by atoms with Crippen LogP contribution in [0.15, 0.2) is 43.0 Å². The molecule has 3 rings (SSSR count). The molecule has 4 atom stereocenters. The summed E-state index contributed by atoms with van der Waals surface area (Å²) in [5, 5.41) is 27.0. The van der Waals surface area contributed by atoms with E-state index in [1.54, 1.807) is 6.20 Å². The molecule has 0 fully saturated rings. The SMILES string of the molecule is NCCCCC(N)C(=O)NC(Cc1c[nH]c2ccccc12)C(=O)NC(Cc1cnc[nH]1)C(=O)NC(CCC(=O)O)C(=O)O. The van der Waals surface area contributed by atoms with Crippen molar-refractivity contribution in [3.63, 3.8) is 0 Å². The van der Waals surface area contributed by atoms with Gasteiger partial charge in [-0.1, -0.05) is 24.6 Å². The number of H-pyrrole nitrogens is 2. The third-order valence-electron chi connectivity index (χ3n) is 6.91. The van der Waals surface area contributed by atoms with E-state index >= 15 is 0 Å². The van der Waals surface area contributed by atoms with Crippen molar-refractivity contribution >= 4 is 40.6 Å². The van der Waals surface area contributed by atoms with Gasteiger partial charge in [0.25, 0.3) is 0 Å². The number of amides is 3. The molecule has 1 aromatic carbocycles. The van der Waals surface area contributed by atoms with E-state index in [1.807, 2.05) is 24.3 Å². The predicted octanol–water partition coefficient (Wildman–Crippen LogP) is -0.464. The molecular formula is C28H38N8O7. The molecule has 0 saturated heterocycles. The van der Waals surface area contributed by atoms with Crippen LogP contribution in [0.25, 0.3) is 10.9 Å². The first kappa shape index (κ1) is 32.8. The molecule has 232 valence electrons. The molecule has 0 bridgehead atoms. The van der Waals surface area contributed by atoms with Crippen molar-refractivity contribution < 1.29 is 34.2 Å². The maximum Gasteiger partial charge on any atom is 0.326 e. The fourth-order valence-electron chi connectivity index (χ4n) is 4.54. The van der Waals surface area contributed by atoms with Gasteiger partial charge in [-0.3, -0.25) is 19.2 Å². The largest absolute Gasteiger partial charge is 0.481 e. The summed E-state index contributed by atoms with van der Waals surface area (Å²) >= 11 is 0. The summed E-state index contributed by atoms with van der Waals surface area (Å²) in [5.74, 6) is -4.75. The number of nitrogens with one attached hydrogen (secondary N) is 5. The number of benzene rings is 1. The van der Waals surface area contributed by atoms with Crippen LogP contribution >= 0.6 is 0 Å². The lowest BCUT2D eigenvalue weighted by Crippen LogP contribution is -2.58. The third kappa shape index (κ3) is 9.93. The minimum Gasteiger partial charge on any atom is -0.481 e. The number of nitrogens with zero attached hydrogens (tertiary/aromatic N) is 1. The lowest BCUT2D eigenvalue weighted by molar-refractivity contribution is -0.143. The first-order valence-corrected chi connectivity index (χ1v) is 13.9. The molecule has 43 heavy (non-hydrogen) atoms. The molecule has 0 spiro atoms. The van der Waals surface area contributed by atoms with Crippen LogP contribution in [0.5, 0.6) is 0 Å². The lowest BCUT2D eigenvalue weighted by atomic mass is 10.0. The van der Waals surface area contributed by atoms with Gasteiger partial charge in [0.05, 0.1) is 12.4 Å². The monoisotopic (exact) mass is 598 g/mol. The molecule has 15 heteroatoms. The minimum atomic E-state index is -1.50. The molecule has 0 aliphatic rings. The first-order chi connectivity index (χ1) is 20.6. The van der Waals surface area contributed by atoms with Gasteiger partial charge in [0.15, 0.2) is 0 Å². The van der Waals surface area contributed by atoms with E-state index in [2.05, 4.69) is 30.9 Å². The van der Waals surface area contributed by atoms with Gasteiger partial charge < -0.3 is 47.6 Å². The lowest BCUT2D eigenvalue weighted by Gasteiger charge is -2.25. The van der Waals surface area contributed by atoms with E-state index in [0.29, 0.717) is 31.5 Å². The van der Waals surface area contributed by atoms with E-state index in [0.717, 1.165) is 16.5 Å². The third-order valence-corrected chi connectivity index (χ3v) is 6.91. The number of carbonyl (C=O) groups excluding carboxylic acids is 3. The van der Waals surface area contributed by atoms with Crippen LogP contribution in [0.1, 0.15) is 43.4 Å². The number of fused-ring (bicyclic) bond motifs is 1. The van der Waals surface area contributed by atoms with E-state index < -0.39 is 60.2 Å². The Kier molecular flexibility index (Phi) is 12.2. The summed E-state index contributed by atoms with van der Waals surface area (Å²) in [4.78, 5) is 72.5. The number of nitrogens with two attached hydrogens (primary N) is 2. The Morgan fingerprint density at radius 2 is 1.53 bits per heavy atom. The van der Waals surface area contributed by atoms with Gasteiger partial charge in [0, 0.05) is 48.3 Å². The summed E-state index contributed by atoms with van der Waals surface area (Å²) in [6.45, 7) is 0.457. The molecule has 3 aromatic rings. The number of para-hydroxylation sites is 1. The van der Waals surface area contributed by atoms with E-state index in [1.165, 1.54) is 12.5 Å². The number of aromatic nitrogens is 3. The van der Waals surface area contributed by atoms with Crippen LogP contribution in [-0.4, -0.2) is 85.5 Å². The maximum atomic E-state index is 13.7. The molecule has 2 heterocycles. The fraction of sp³-hybridized carbons (Fsp3) is 0.429. The number of carboxylic acid groups (broad SMARTS) is 2. The summed E-state index contributed by atoms with van der Waals surface area (Å²) in [6, 6.07) is 2.61. The molecule has 15 nitrogen and oxygen atoms in total. The van der Waals surface area contributed by atoms with Gasteiger partial charge in [0.1, 0.15) is 18.1 Å². The average molecular weight is 599 g/mol. The Hall–Kier alpha value is -4.76. The zero-order valence-corrected chi connectivity index (χ0v) is 23.5. The Balaban J connectivity index is 1.84. The number of hydrogen-bond donors (Lipinski definition) is 9. The summed E-state index contributed by atoms with van der Waals surface area (Å²) in [5.41, 5.74) is 13.7. The maximum absolute atomic E-state index is 13.7. The molecule has 2 aromatic heterocycles. The zero-order valence-electron chi connectivity index (χ0n) is 23.5. The van der Waals surface area contributed by atoms with Crippen LogP contribution in [0.2, 0.25) is 0 Å². The summed E-state index contributed by atoms with van der Waals surface area (Å²) in [7, 11) is 0. The molecule has 0 radical (unpaired) electrons. The van der Waals surface area contributed by atoms with E-state index in [-0.39, 0.29) is 19.3 Å². The molecule has 0 aliphatic heterocycles. The van der Waals surface area contributed by atoms with Gasteiger partial charge in [-0.25, -0.2) is 9.78 Å². The van der Waals surface area contributed by atoms with Crippen LogP contribution < -0.4 is 27.4 Å². The topological polar surface area (TPSA) is 258 Å². The Bertz CT molecular complexity index is 1390. The Morgan fingerprint density at radius 3 is 2.19 bits per heavy atom. The number of rotatable bonds is 18. The van der Waals surface area contributed by atoms with Gasteiger partial charge in [-0.05, 0) is 37.4 Å². The number of aromatic amines is 2. The van der Waals surface area contributed by atoms with Crippen LogP contribution in [-0.2, 0) is 36.8 Å². The number of aliphatic carboxylic acids is 2. The second-order valence-corrected chi connectivity index (χ2v) is 10.2. The average Bonchev–Trinajstić information content (AvgIpc) is 3.64. The highest BCUT2D eigenvalue weighted by atomic mass is 16.4. The van der Waals surface area contributed by atoms with Crippen molar-refractivity contribution in [1.82, 2.24) is 30.9 Å². The molecule has 0 aliphatic carbocycles. The molecular weight excluding hydrogens is 560 g/mol. The smallest absolute Gasteiger partial charge is 0.326 e. The number of unbranched alkanes of at least 4 members (excludes halogenated alkanes) is 1. The van der Waals surface area contributed by atoms with Crippen molar-refractivity contribution in [3.8, 4) is 0 Å². The number of imidazole rings is 1. The molecule has 3 amide bonds. The van der Waals surface area contributed by atoms with Gasteiger partial charge in [-0.2, -0.15) is 0 Å². The van der Waals surface area contributed by atoms with Crippen molar-refractivity contribution in [1.29, 1.82) is 0 Å². The molecule has 0 saturated carbocycles. The van der Waals surface area contributed by atoms with Crippen LogP contribution in [0, 0.1) is 0 Å². The first-order valence-electron chi connectivity index (χ1n) is 13.9. The van der Waals surface area contributed by atoms with Crippen molar-refractivity contribution in [2.75, 3.05) is 6.54 Å². The van der Waals surface area contributed by atoms with Gasteiger partial charge in [-0.15, -0.1) is 0 Å². The molecule has 11 N–H and O–H groups in total. The van der Waals surface area contributed by atoms with Crippen molar-refractivity contribution in [2.24, 2.45) is 11.5 Å². The van der Waals surface area contributed by atoms with E-state index in [4.69, 9.17) is 16.6 Å². The van der Waals surface area contributed by atoms with Crippen LogP contribution in [0.3, 0.4) is 0 Å². The highest BCUT2D eigenvalue weighted by Crippen LogP contribution is 2.19. The standard InChI is InChI=1S/C28H38N8O7/c29-10-4-3-6-19(30)25(39)35-22(11-16-13-32-20-7-2-1-5-18(16)20)26(40)36-23(12-17-14-31-15-33-17)27(41)34-21(28(42)43)8-9-24(37)38/h1-2,5,7,13-15,19,21-23,32H,3-4,6,8-12,29-30H2,(H,31,33)(H,34,41)(H,35,39)(H,36,40)(H,37,38)(H,42,43). The van der Waals surface area contributed by atoms with Crippen LogP contribution in [0.4, 0.5) is 0 Å². The minimum absolute atomic E-state index is 0.0614. The molecule has 4 unspecified atom stereocenters. The summed E-state index contributed by atoms with van der Waals surface area (Å²) in [6.07, 6.45) is 5.36. The summed E-state index contributed by atoms with van der Waals surface area (Å²) < 4.78 is 0. The highest BCUT2D eigenvalue weighted by Gasteiger charge is 2.31.